The molecule has 0 saturated carbocycles. The standard InChI is InChI=1S/C11H16N4/c1-3-15-9(2)7-11(14-15)13-8-10-5-4-6-12-10/h4-7,12H,3,8H2,1-2H3,(H,13,14). The molecule has 2 aromatic heterocycles. The van der Waals surface area contributed by atoms with E-state index in [1.165, 1.54) is 11.4 Å². The molecule has 0 aliphatic heterocycles. The summed E-state index contributed by atoms with van der Waals surface area (Å²) in [6.07, 6.45) is 1.92. The third kappa shape index (κ3) is 2.21. The third-order valence-corrected chi connectivity index (χ3v) is 2.40. The van der Waals surface area contributed by atoms with Gasteiger partial charge in [0.15, 0.2) is 0 Å². The number of H-pyrrole nitrogens is 1. The molecule has 0 aliphatic rings. The van der Waals surface area contributed by atoms with E-state index in [-0.39, 0.29) is 0 Å². The zero-order valence-electron chi connectivity index (χ0n) is 9.12. The predicted octanol–water partition coefficient (Wildman–Crippen LogP) is 2.15. The SMILES string of the molecule is CCn1nc(NCc2ccc[nH]2)cc1C. The fourth-order valence-corrected chi connectivity index (χ4v) is 1.58. The zero-order chi connectivity index (χ0) is 10.7. The van der Waals surface area contributed by atoms with Gasteiger partial charge in [-0.25, -0.2) is 0 Å². The van der Waals surface area contributed by atoms with Gasteiger partial charge in [-0.15, -0.1) is 0 Å². The Bertz CT molecular complexity index is 414. The van der Waals surface area contributed by atoms with E-state index in [9.17, 15) is 0 Å². The molecule has 0 amide bonds. The molecule has 80 valence electrons. The van der Waals surface area contributed by atoms with E-state index in [1.807, 2.05) is 16.9 Å². The Balaban J connectivity index is 1.99. The Morgan fingerprint density at radius 1 is 1.53 bits per heavy atom. The average Bonchev–Trinajstić information content (AvgIpc) is 2.83. The summed E-state index contributed by atoms with van der Waals surface area (Å²) < 4.78 is 1.98. The van der Waals surface area contributed by atoms with E-state index < -0.39 is 0 Å². The minimum Gasteiger partial charge on any atom is -0.364 e. The van der Waals surface area contributed by atoms with Crippen LogP contribution in [0.1, 0.15) is 18.3 Å². The number of nitrogens with one attached hydrogen (secondary N) is 2. The highest BCUT2D eigenvalue weighted by atomic mass is 15.3. The van der Waals surface area contributed by atoms with Crippen LogP contribution >= 0.6 is 0 Å². The van der Waals surface area contributed by atoms with Gasteiger partial charge in [-0.1, -0.05) is 0 Å². The van der Waals surface area contributed by atoms with Crippen LogP contribution in [0.3, 0.4) is 0 Å². The highest BCUT2D eigenvalue weighted by molar-refractivity contribution is 5.36. The fraction of sp³-hybridized carbons (Fsp3) is 0.364. The second-order valence-corrected chi connectivity index (χ2v) is 3.54. The Kier molecular flexibility index (Phi) is 2.76. The molecule has 0 aliphatic carbocycles. The molecule has 2 heterocycles. The fourth-order valence-electron chi connectivity index (χ4n) is 1.58. The van der Waals surface area contributed by atoms with E-state index in [2.05, 4.69) is 41.4 Å². The number of aryl methyl sites for hydroxylation is 2. The van der Waals surface area contributed by atoms with Gasteiger partial charge in [-0.05, 0) is 26.0 Å². The van der Waals surface area contributed by atoms with Crippen molar-refractivity contribution in [3.8, 4) is 0 Å². The van der Waals surface area contributed by atoms with Gasteiger partial charge in [0.05, 0.1) is 6.54 Å². The highest BCUT2D eigenvalue weighted by Crippen LogP contribution is 2.09. The van der Waals surface area contributed by atoms with Crippen LogP contribution in [0, 0.1) is 6.92 Å². The summed E-state index contributed by atoms with van der Waals surface area (Å²) in [6.45, 7) is 5.86. The van der Waals surface area contributed by atoms with Crippen LogP contribution in [-0.2, 0) is 13.1 Å². The Morgan fingerprint density at radius 3 is 3.00 bits per heavy atom. The van der Waals surface area contributed by atoms with Crippen molar-refractivity contribution in [2.45, 2.75) is 26.9 Å². The van der Waals surface area contributed by atoms with Gasteiger partial charge < -0.3 is 10.3 Å². The predicted molar refractivity (Wildman–Crippen MR) is 60.8 cm³/mol. The van der Waals surface area contributed by atoms with E-state index in [4.69, 9.17) is 0 Å². The summed E-state index contributed by atoms with van der Waals surface area (Å²) in [7, 11) is 0. The van der Waals surface area contributed by atoms with Gasteiger partial charge in [-0.3, -0.25) is 4.68 Å². The number of aromatic nitrogens is 3. The van der Waals surface area contributed by atoms with E-state index >= 15 is 0 Å². The van der Waals surface area contributed by atoms with Crippen molar-refractivity contribution in [3.63, 3.8) is 0 Å². The van der Waals surface area contributed by atoms with Crippen LogP contribution in [0.5, 0.6) is 0 Å². The maximum atomic E-state index is 4.42. The molecule has 4 nitrogen and oxygen atoms in total. The lowest BCUT2D eigenvalue weighted by Crippen LogP contribution is -2.02. The van der Waals surface area contributed by atoms with E-state index in [0.29, 0.717) is 0 Å². The maximum Gasteiger partial charge on any atom is 0.148 e. The maximum absolute atomic E-state index is 4.42. The van der Waals surface area contributed by atoms with Gasteiger partial charge in [0.2, 0.25) is 0 Å². The van der Waals surface area contributed by atoms with Crippen molar-refractivity contribution in [1.29, 1.82) is 0 Å². The Morgan fingerprint density at radius 2 is 2.40 bits per heavy atom. The summed E-state index contributed by atoms with van der Waals surface area (Å²) in [6, 6.07) is 6.11. The molecule has 4 heteroatoms. The number of rotatable bonds is 4. The lowest BCUT2D eigenvalue weighted by atomic mass is 10.4. The highest BCUT2D eigenvalue weighted by Gasteiger charge is 2.01. The molecule has 0 bridgehead atoms. The van der Waals surface area contributed by atoms with E-state index in [1.54, 1.807) is 0 Å². The molecular weight excluding hydrogens is 188 g/mol. The van der Waals surface area contributed by atoms with Crippen LogP contribution in [0.4, 0.5) is 5.82 Å². The largest absolute Gasteiger partial charge is 0.364 e. The van der Waals surface area contributed by atoms with Gasteiger partial charge >= 0.3 is 0 Å². The normalized spacial score (nSPS) is 10.5. The molecule has 0 saturated heterocycles. The molecule has 2 N–H and O–H groups in total. The zero-order valence-corrected chi connectivity index (χ0v) is 9.12. The molecule has 2 aromatic rings. The van der Waals surface area contributed by atoms with Crippen LogP contribution < -0.4 is 5.32 Å². The first kappa shape index (κ1) is 9.83. The molecule has 0 fully saturated rings. The summed E-state index contributed by atoms with van der Waals surface area (Å²) in [5.41, 5.74) is 2.35. The van der Waals surface area contributed by atoms with Crippen molar-refractivity contribution in [3.05, 3.63) is 35.8 Å². The summed E-state index contributed by atoms with van der Waals surface area (Å²) in [4.78, 5) is 3.15. The molecule has 2 rings (SSSR count). The molecule has 0 aromatic carbocycles. The van der Waals surface area contributed by atoms with Crippen LogP contribution in [0.15, 0.2) is 24.4 Å². The molecule has 0 spiro atoms. The summed E-state index contributed by atoms with van der Waals surface area (Å²) >= 11 is 0. The molecule has 0 radical (unpaired) electrons. The number of nitrogens with zero attached hydrogens (tertiary/aromatic N) is 2. The third-order valence-electron chi connectivity index (χ3n) is 2.40. The minimum atomic E-state index is 0.785. The van der Waals surface area contributed by atoms with Crippen molar-refractivity contribution >= 4 is 5.82 Å². The topological polar surface area (TPSA) is 45.6 Å². The summed E-state index contributed by atoms with van der Waals surface area (Å²) in [5.74, 6) is 0.934. The van der Waals surface area contributed by atoms with E-state index in [0.717, 1.165) is 18.9 Å². The molecule has 15 heavy (non-hydrogen) atoms. The first-order chi connectivity index (χ1) is 7.29. The first-order valence-corrected chi connectivity index (χ1v) is 5.20. The second kappa shape index (κ2) is 4.21. The quantitative estimate of drug-likeness (QED) is 0.801. The smallest absolute Gasteiger partial charge is 0.148 e. The monoisotopic (exact) mass is 204 g/mol. The minimum absolute atomic E-state index is 0.785. The van der Waals surface area contributed by atoms with Crippen molar-refractivity contribution in [2.24, 2.45) is 0 Å². The summed E-state index contributed by atoms with van der Waals surface area (Å²) in [5, 5.41) is 7.70. The van der Waals surface area contributed by atoms with Gasteiger partial charge in [0, 0.05) is 30.2 Å². The van der Waals surface area contributed by atoms with Crippen LogP contribution in [0.2, 0.25) is 0 Å². The average molecular weight is 204 g/mol. The number of aromatic amines is 1. The first-order valence-electron chi connectivity index (χ1n) is 5.20. The number of hydrogen-bond donors (Lipinski definition) is 2. The molecule has 0 atom stereocenters. The van der Waals surface area contributed by atoms with Crippen LogP contribution in [0.25, 0.3) is 0 Å². The van der Waals surface area contributed by atoms with Gasteiger partial charge in [0.25, 0.3) is 0 Å². The lowest BCUT2D eigenvalue weighted by Gasteiger charge is -2.00. The second-order valence-electron chi connectivity index (χ2n) is 3.54. The molecule has 0 unspecified atom stereocenters. The van der Waals surface area contributed by atoms with Gasteiger partial charge in [0.1, 0.15) is 5.82 Å². The van der Waals surface area contributed by atoms with Crippen molar-refractivity contribution < 1.29 is 0 Å². The Labute approximate surface area is 89.3 Å². The van der Waals surface area contributed by atoms with Crippen LogP contribution in [-0.4, -0.2) is 14.8 Å². The van der Waals surface area contributed by atoms with Crippen molar-refractivity contribution in [2.75, 3.05) is 5.32 Å². The van der Waals surface area contributed by atoms with Gasteiger partial charge in [-0.2, -0.15) is 5.10 Å². The Hall–Kier alpha value is -1.71. The van der Waals surface area contributed by atoms with Crippen molar-refractivity contribution in [1.82, 2.24) is 14.8 Å². The number of anilines is 1. The lowest BCUT2D eigenvalue weighted by molar-refractivity contribution is 0.641. The number of hydrogen-bond acceptors (Lipinski definition) is 2. The molecular formula is C11H16N4.